The number of rotatable bonds is 9. The van der Waals surface area contributed by atoms with E-state index < -0.39 is 0 Å². The molecule has 1 aliphatic rings. The molecule has 0 spiro atoms. The molecule has 1 aromatic carbocycles. The van der Waals surface area contributed by atoms with Gasteiger partial charge in [-0.15, -0.1) is 10.2 Å². The van der Waals surface area contributed by atoms with Crippen LogP contribution in [0.1, 0.15) is 49.1 Å². The van der Waals surface area contributed by atoms with E-state index in [0.717, 1.165) is 16.7 Å². The lowest BCUT2D eigenvalue weighted by atomic mass is 10.0. The van der Waals surface area contributed by atoms with Gasteiger partial charge in [-0.05, 0) is 42.0 Å². The second kappa shape index (κ2) is 10.4. The Morgan fingerprint density at radius 3 is 2.57 bits per heavy atom. The molecule has 3 aromatic rings. The molecule has 0 aliphatic heterocycles. The first-order valence-electron chi connectivity index (χ1n) is 10.5. The highest BCUT2D eigenvalue weighted by molar-refractivity contribution is 7.98. The Morgan fingerprint density at radius 2 is 1.80 bits per heavy atom. The SMILES string of the molecule is O=C(CC1CCCC1)NCc1nnc(SCc2ccncc2)n1Cc1ccccc1. The van der Waals surface area contributed by atoms with Gasteiger partial charge in [0, 0.05) is 24.6 Å². The summed E-state index contributed by atoms with van der Waals surface area (Å²) in [6, 6.07) is 14.3. The van der Waals surface area contributed by atoms with E-state index in [-0.39, 0.29) is 5.91 Å². The molecule has 30 heavy (non-hydrogen) atoms. The molecule has 1 amide bonds. The van der Waals surface area contributed by atoms with Gasteiger partial charge >= 0.3 is 0 Å². The summed E-state index contributed by atoms with van der Waals surface area (Å²) in [7, 11) is 0. The fraction of sp³-hybridized carbons (Fsp3) is 0.391. The number of hydrogen-bond donors (Lipinski definition) is 1. The zero-order valence-electron chi connectivity index (χ0n) is 17.0. The van der Waals surface area contributed by atoms with E-state index in [1.54, 1.807) is 24.2 Å². The van der Waals surface area contributed by atoms with E-state index in [1.807, 2.05) is 30.3 Å². The van der Waals surface area contributed by atoms with E-state index in [2.05, 4.69) is 37.2 Å². The molecule has 0 unspecified atom stereocenters. The third-order valence-corrected chi connectivity index (χ3v) is 6.52. The smallest absolute Gasteiger partial charge is 0.220 e. The van der Waals surface area contributed by atoms with Gasteiger partial charge in [0.2, 0.25) is 5.91 Å². The summed E-state index contributed by atoms with van der Waals surface area (Å²) in [5.74, 6) is 2.24. The molecule has 4 rings (SSSR count). The number of hydrogen-bond acceptors (Lipinski definition) is 5. The van der Waals surface area contributed by atoms with Crippen LogP contribution in [0.2, 0.25) is 0 Å². The monoisotopic (exact) mass is 421 g/mol. The van der Waals surface area contributed by atoms with Gasteiger partial charge < -0.3 is 9.88 Å². The number of benzene rings is 1. The molecular weight excluding hydrogens is 394 g/mol. The number of pyridine rings is 1. The van der Waals surface area contributed by atoms with Gasteiger partial charge in [0.1, 0.15) is 0 Å². The molecule has 2 heterocycles. The summed E-state index contributed by atoms with van der Waals surface area (Å²) in [6.45, 7) is 1.08. The lowest BCUT2D eigenvalue weighted by molar-refractivity contribution is -0.122. The van der Waals surface area contributed by atoms with Crippen LogP contribution in [0.4, 0.5) is 0 Å². The van der Waals surface area contributed by atoms with E-state index in [4.69, 9.17) is 0 Å². The molecular formula is C23H27N5OS. The van der Waals surface area contributed by atoms with Crippen molar-refractivity contribution in [2.45, 2.75) is 56.1 Å². The number of nitrogens with zero attached hydrogens (tertiary/aromatic N) is 4. The second-order valence-corrected chi connectivity index (χ2v) is 8.69. The molecule has 0 atom stereocenters. The van der Waals surface area contributed by atoms with Gasteiger partial charge in [0.15, 0.2) is 11.0 Å². The first-order chi connectivity index (χ1) is 14.8. The van der Waals surface area contributed by atoms with Crippen LogP contribution in [0.5, 0.6) is 0 Å². The first-order valence-corrected chi connectivity index (χ1v) is 11.5. The third-order valence-electron chi connectivity index (χ3n) is 5.49. The van der Waals surface area contributed by atoms with Gasteiger partial charge in [-0.2, -0.15) is 0 Å². The molecule has 1 saturated carbocycles. The Morgan fingerprint density at radius 1 is 1.03 bits per heavy atom. The minimum atomic E-state index is 0.113. The average molecular weight is 422 g/mol. The fourth-order valence-electron chi connectivity index (χ4n) is 3.83. The molecule has 1 N–H and O–H groups in total. The van der Waals surface area contributed by atoms with Gasteiger partial charge in [0.05, 0.1) is 13.1 Å². The van der Waals surface area contributed by atoms with Gasteiger partial charge in [0.25, 0.3) is 0 Å². The Kier molecular flexibility index (Phi) is 7.13. The summed E-state index contributed by atoms with van der Waals surface area (Å²) < 4.78 is 2.11. The topological polar surface area (TPSA) is 72.7 Å². The molecule has 2 aromatic heterocycles. The maximum Gasteiger partial charge on any atom is 0.220 e. The predicted molar refractivity (Wildman–Crippen MR) is 118 cm³/mol. The number of aromatic nitrogens is 4. The van der Waals surface area contributed by atoms with Crippen LogP contribution >= 0.6 is 11.8 Å². The van der Waals surface area contributed by atoms with Crippen molar-refractivity contribution in [2.24, 2.45) is 5.92 Å². The lowest BCUT2D eigenvalue weighted by Crippen LogP contribution is -2.26. The molecule has 1 fully saturated rings. The van der Waals surface area contributed by atoms with E-state index >= 15 is 0 Å². The van der Waals surface area contributed by atoms with Crippen LogP contribution in [-0.4, -0.2) is 25.7 Å². The van der Waals surface area contributed by atoms with Gasteiger partial charge in [-0.3, -0.25) is 9.78 Å². The summed E-state index contributed by atoms with van der Waals surface area (Å²) in [4.78, 5) is 16.5. The van der Waals surface area contributed by atoms with Crippen molar-refractivity contribution in [3.05, 3.63) is 71.8 Å². The third kappa shape index (κ3) is 5.69. The fourth-order valence-corrected chi connectivity index (χ4v) is 4.75. The molecule has 6 nitrogen and oxygen atoms in total. The minimum absolute atomic E-state index is 0.113. The summed E-state index contributed by atoms with van der Waals surface area (Å²) >= 11 is 1.65. The molecule has 0 bridgehead atoms. The minimum Gasteiger partial charge on any atom is -0.349 e. The average Bonchev–Trinajstić information content (AvgIpc) is 3.42. The number of thioether (sulfide) groups is 1. The van der Waals surface area contributed by atoms with Crippen molar-refractivity contribution in [3.8, 4) is 0 Å². The summed E-state index contributed by atoms with van der Waals surface area (Å²) in [5, 5.41) is 12.7. The van der Waals surface area contributed by atoms with Crippen LogP contribution < -0.4 is 5.32 Å². The van der Waals surface area contributed by atoms with Gasteiger partial charge in [-0.1, -0.05) is 54.9 Å². The number of carbonyl (C=O) groups excluding carboxylic acids is 1. The van der Waals surface area contributed by atoms with Crippen molar-refractivity contribution in [1.29, 1.82) is 0 Å². The normalized spacial score (nSPS) is 14.1. The Bertz CT molecular complexity index is 939. The Balaban J connectivity index is 1.44. The highest BCUT2D eigenvalue weighted by Crippen LogP contribution is 2.27. The van der Waals surface area contributed by atoms with Crippen LogP contribution in [0.25, 0.3) is 0 Å². The van der Waals surface area contributed by atoms with E-state index in [1.165, 1.54) is 36.8 Å². The zero-order valence-corrected chi connectivity index (χ0v) is 17.9. The van der Waals surface area contributed by atoms with Crippen molar-refractivity contribution in [2.75, 3.05) is 0 Å². The quantitative estimate of drug-likeness (QED) is 0.524. The maximum absolute atomic E-state index is 12.4. The van der Waals surface area contributed by atoms with E-state index in [0.29, 0.717) is 25.4 Å². The standard InChI is InChI=1S/C23H27N5OS/c29-22(14-18-6-4-5-7-18)25-15-21-26-27-23(30-17-20-10-12-24-13-11-20)28(21)16-19-8-2-1-3-9-19/h1-3,8-13,18H,4-7,14-17H2,(H,25,29). The zero-order chi connectivity index (χ0) is 20.6. The molecule has 7 heteroatoms. The van der Waals surface area contributed by atoms with Crippen LogP contribution in [0.15, 0.2) is 60.0 Å². The van der Waals surface area contributed by atoms with Gasteiger partial charge in [-0.25, -0.2) is 0 Å². The van der Waals surface area contributed by atoms with Crippen molar-refractivity contribution in [3.63, 3.8) is 0 Å². The number of nitrogens with one attached hydrogen (secondary N) is 1. The summed E-state index contributed by atoms with van der Waals surface area (Å²) in [5.41, 5.74) is 2.37. The number of carbonyl (C=O) groups is 1. The highest BCUT2D eigenvalue weighted by Gasteiger charge is 2.19. The number of amides is 1. The molecule has 0 saturated heterocycles. The maximum atomic E-state index is 12.4. The Hall–Kier alpha value is -2.67. The van der Waals surface area contributed by atoms with Crippen LogP contribution in [0.3, 0.4) is 0 Å². The first kappa shape index (κ1) is 20.6. The predicted octanol–water partition coefficient (Wildman–Crippen LogP) is 4.21. The van der Waals surface area contributed by atoms with Crippen molar-refractivity contribution < 1.29 is 4.79 Å². The van der Waals surface area contributed by atoms with Crippen LogP contribution in [0, 0.1) is 5.92 Å². The lowest BCUT2D eigenvalue weighted by Gasteiger charge is -2.12. The molecule has 1 aliphatic carbocycles. The molecule has 0 radical (unpaired) electrons. The largest absolute Gasteiger partial charge is 0.349 e. The van der Waals surface area contributed by atoms with Crippen LogP contribution in [-0.2, 0) is 23.6 Å². The second-order valence-electron chi connectivity index (χ2n) is 7.75. The van der Waals surface area contributed by atoms with E-state index in [9.17, 15) is 4.79 Å². The highest BCUT2D eigenvalue weighted by atomic mass is 32.2. The molecule has 156 valence electrons. The van der Waals surface area contributed by atoms with Crippen molar-refractivity contribution in [1.82, 2.24) is 25.1 Å². The van der Waals surface area contributed by atoms with Crippen molar-refractivity contribution >= 4 is 17.7 Å². The Labute approximate surface area is 181 Å². The summed E-state index contributed by atoms with van der Waals surface area (Å²) in [6.07, 6.45) is 9.08.